The van der Waals surface area contributed by atoms with Crippen molar-refractivity contribution in [3.05, 3.63) is 16.1 Å². The average Bonchev–Trinajstić information content (AvgIpc) is 2.64. The molecule has 4 heteroatoms. The van der Waals surface area contributed by atoms with Crippen LogP contribution in [0.25, 0.3) is 0 Å². The van der Waals surface area contributed by atoms with Gasteiger partial charge in [0, 0.05) is 24.6 Å². The van der Waals surface area contributed by atoms with Crippen molar-refractivity contribution in [3.63, 3.8) is 0 Å². The van der Waals surface area contributed by atoms with E-state index in [4.69, 9.17) is 4.74 Å². The molecule has 3 nitrogen and oxygen atoms in total. The Kier molecular flexibility index (Phi) is 5.83. The Balaban J connectivity index is 2.53. The minimum absolute atomic E-state index is 0.442. The van der Waals surface area contributed by atoms with E-state index in [1.165, 1.54) is 4.88 Å². The number of methoxy groups -OCH3 is 1. The number of nitrogens with zero attached hydrogens (tertiary/aromatic N) is 1. The topological polar surface area (TPSA) is 34.1 Å². The monoisotopic (exact) mass is 228 g/mol. The van der Waals surface area contributed by atoms with Gasteiger partial charge in [-0.25, -0.2) is 4.98 Å². The van der Waals surface area contributed by atoms with Crippen molar-refractivity contribution in [2.45, 2.75) is 32.7 Å². The standard InChI is InChI=1S/C11H20N2OS/c1-4-12-10(6-5-7-14-3)11-9(2)13-8-15-11/h8,10,12H,4-7H2,1-3H3. The summed E-state index contributed by atoms with van der Waals surface area (Å²) in [5.74, 6) is 0. The molecule has 1 N–H and O–H groups in total. The van der Waals surface area contributed by atoms with Crippen LogP contribution in [0.15, 0.2) is 5.51 Å². The van der Waals surface area contributed by atoms with Crippen molar-refractivity contribution in [3.8, 4) is 0 Å². The Morgan fingerprint density at radius 2 is 2.40 bits per heavy atom. The van der Waals surface area contributed by atoms with E-state index in [0.717, 1.165) is 31.7 Å². The Hall–Kier alpha value is -0.450. The van der Waals surface area contributed by atoms with E-state index in [0.29, 0.717) is 6.04 Å². The quantitative estimate of drug-likeness (QED) is 0.728. The van der Waals surface area contributed by atoms with Gasteiger partial charge in [-0.2, -0.15) is 0 Å². The summed E-state index contributed by atoms with van der Waals surface area (Å²) in [5.41, 5.74) is 3.08. The zero-order valence-electron chi connectivity index (χ0n) is 9.75. The summed E-state index contributed by atoms with van der Waals surface area (Å²) in [6.07, 6.45) is 2.20. The number of aromatic nitrogens is 1. The SMILES string of the molecule is CCNC(CCCOC)c1scnc1C. The largest absolute Gasteiger partial charge is 0.385 e. The van der Waals surface area contributed by atoms with Gasteiger partial charge in [0.25, 0.3) is 0 Å². The number of thiazole rings is 1. The third kappa shape index (κ3) is 3.89. The van der Waals surface area contributed by atoms with E-state index in [9.17, 15) is 0 Å². The van der Waals surface area contributed by atoms with Crippen molar-refractivity contribution >= 4 is 11.3 Å². The van der Waals surface area contributed by atoms with Crippen LogP contribution < -0.4 is 5.32 Å². The molecule has 0 aliphatic rings. The summed E-state index contributed by atoms with van der Waals surface area (Å²) in [4.78, 5) is 5.66. The van der Waals surface area contributed by atoms with Crippen LogP contribution >= 0.6 is 11.3 Å². The summed E-state index contributed by atoms with van der Waals surface area (Å²) in [6.45, 7) is 6.04. The molecule has 0 saturated heterocycles. The molecule has 1 rings (SSSR count). The van der Waals surface area contributed by atoms with E-state index in [1.54, 1.807) is 18.4 Å². The fourth-order valence-corrected chi connectivity index (χ4v) is 2.56. The third-order valence-electron chi connectivity index (χ3n) is 2.39. The molecule has 1 atom stereocenters. The normalized spacial score (nSPS) is 13.0. The number of aryl methyl sites for hydroxylation is 1. The molecule has 1 unspecified atom stereocenters. The van der Waals surface area contributed by atoms with Crippen molar-refractivity contribution < 1.29 is 4.74 Å². The third-order valence-corrected chi connectivity index (χ3v) is 3.44. The minimum Gasteiger partial charge on any atom is -0.385 e. The van der Waals surface area contributed by atoms with Gasteiger partial charge in [-0.05, 0) is 26.3 Å². The maximum absolute atomic E-state index is 5.08. The smallest absolute Gasteiger partial charge is 0.0798 e. The molecule has 0 aliphatic heterocycles. The first-order valence-electron chi connectivity index (χ1n) is 5.41. The highest BCUT2D eigenvalue weighted by Gasteiger charge is 2.14. The van der Waals surface area contributed by atoms with Gasteiger partial charge >= 0.3 is 0 Å². The van der Waals surface area contributed by atoms with Crippen LogP contribution in [0.5, 0.6) is 0 Å². The van der Waals surface area contributed by atoms with E-state index >= 15 is 0 Å². The molecule has 0 spiro atoms. The lowest BCUT2D eigenvalue weighted by Gasteiger charge is -2.16. The van der Waals surface area contributed by atoms with E-state index in [-0.39, 0.29) is 0 Å². The number of hydrogen-bond acceptors (Lipinski definition) is 4. The molecule has 1 heterocycles. The van der Waals surface area contributed by atoms with Crippen LogP contribution in [0.3, 0.4) is 0 Å². The van der Waals surface area contributed by atoms with Crippen molar-refractivity contribution in [2.75, 3.05) is 20.3 Å². The summed E-state index contributed by atoms with van der Waals surface area (Å²) in [7, 11) is 1.75. The van der Waals surface area contributed by atoms with Gasteiger partial charge in [0.05, 0.1) is 11.2 Å². The maximum atomic E-state index is 5.08. The van der Waals surface area contributed by atoms with Crippen LogP contribution in [-0.2, 0) is 4.74 Å². The Morgan fingerprint density at radius 3 is 2.93 bits per heavy atom. The zero-order valence-corrected chi connectivity index (χ0v) is 10.6. The highest BCUT2D eigenvalue weighted by Crippen LogP contribution is 2.25. The van der Waals surface area contributed by atoms with Gasteiger partial charge in [0.2, 0.25) is 0 Å². The summed E-state index contributed by atoms with van der Waals surface area (Å²) in [6, 6.07) is 0.442. The molecule has 86 valence electrons. The first kappa shape index (κ1) is 12.6. The van der Waals surface area contributed by atoms with Crippen LogP contribution in [-0.4, -0.2) is 25.2 Å². The number of hydrogen-bond donors (Lipinski definition) is 1. The molecule has 0 amide bonds. The molecule has 0 saturated carbocycles. The van der Waals surface area contributed by atoms with Crippen molar-refractivity contribution in [1.82, 2.24) is 10.3 Å². The molecule has 15 heavy (non-hydrogen) atoms. The van der Waals surface area contributed by atoms with Gasteiger partial charge in [-0.15, -0.1) is 11.3 Å². The second-order valence-electron chi connectivity index (χ2n) is 3.55. The number of nitrogens with one attached hydrogen (secondary N) is 1. The molecular weight excluding hydrogens is 208 g/mol. The predicted octanol–water partition coefficient (Wildman–Crippen LogP) is 2.53. The van der Waals surface area contributed by atoms with Gasteiger partial charge in [-0.1, -0.05) is 6.92 Å². The molecule has 1 aromatic rings. The van der Waals surface area contributed by atoms with Gasteiger partial charge in [0.15, 0.2) is 0 Å². The average molecular weight is 228 g/mol. The maximum Gasteiger partial charge on any atom is 0.0798 e. The fourth-order valence-electron chi connectivity index (χ4n) is 1.65. The fraction of sp³-hybridized carbons (Fsp3) is 0.727. The summed E-state index contributed by atoms with van der Waals surface area (Å²) < 4.78 is 5.08. The predicted molar refractivity (Wildman–Crippen MR) is 64.4 cm³/mol. The van der Waals surface area contributed by atoms with Crippen molar-refractivity contribution in [2.24, 2.45) is 0 Å². The lowest BCUT2D eigenvalue weighted by atomic mass is 10.1. The second kappa shape index (κ2) is 6.93. The molecule has 1 aromatic heterocycles. The Morgan fingerprint density at radius 1 is 1.60 bits per heavy atom. The Labute approximate surface area is 95.9 Å². The van der Waals surface area contributed by atoms with Gasteiger partial charge in [-0.3, -0.25) is 0 Å². The highest BCUT2D eigenvalue weighted by molar-refractivity contribution is 7.09. The lowest BCUT2D eigenvalue weighted by Crippen LogP contribution is -2.21. The molecule has 0 fully saturated rings. The van der Waals surface area contributed by atoms with Gasteiger partial charge < -0.3 is 10.1 Å². The van der Waals surface area contributed by atoms with E-state index in [2.05, 4.69) is 24.1 Å². The highest BCUT2D eigenvalue weighted by atomic mass is 32.1. The second-order valence-corrected chi connectivity index (χ2v) is 4.43. The van der Waals surface area contributed by atoms with E-state index < -0.39 is 0 Å². The zero-order chi connectivity index (χ0) is 11.1. The van der Waals surface area contributed by atoms with E-state index in [1.807, 2.05) is 5.51 Å². The van der Waals surface area contributed by atoms with Crippen LogP contribution in [0, 0.1) is 6.92 Å². The van der Waals surface area contributed by atoms with Crippen molar-refractivity contribution in [1.29, 1.82) is 0 Å². The minimum atomic E-state index is 0.442. The first-order valence-corrected chi connectivity index (χ1v) is 6.29. The van der Waals surface area contributed by atoms with Crippen LogP contribution in [0.4, 0.5) is 0 Å². The molecular formula is C11H20N2OS. The summed E-state index contributed by atoms with van der Waals surface area (Å²) >= 11 is 1.74. The lowest BCUT2D eigenvalue weighted by molar-refractivity contribution is 0.189. The number of ether oxygens (including phenoxy) is 1. The molecule has 0 bridgehead atoms. The Bertz CT molecular complexity index is 275. The molecule has 0 aromatic carbocycles. The number of rotatable bonds is 7. The molecule has 0 radical (unpaired) electrons. The molecule has 0 aliphatic carbocycles. The first-order chi connectivity index (χ1) is 7.29. The van der Waals surface area contributed by atoms with Gasteiger partial charge in [0.1, 0.15) is 0 Å². The van der Waals surface area contributed by atoms with Crippen LogP contribution in [0.2, 0.25) is 0 Å². The summed E-state index contributed by atoms with van der Waals surface area (Å²) in [5, 5.41) is 3.50. The van der Waals surface area contributed by atoms with Crippen LogP contribution in [0.1, 0.15) is 36.4 Å².